The monoisotopic (exact) mass is 361 g/mol. The third-order valence-corrected chi connectivity index (χ3v) is 4.64. The van der Waals surface area contributed by atoms with Crippen LogP contribution in [0, 0.1) is 13.8 Å². The number of aromatic nitrogens is 1. The average molecular weight is 361 g/mol. The molecule has 25 heavy (non-hydrogen) atoms. The number of nitrogens with zero attached hydrogens (tertiary/aromatic N) is 2. The predicted octanol–water partition coefficient (Wildman–Crippen LogP) is 3.99. The number of ether oxygens (including phenoxy) is 1. The molecule has 2 aromatic rings. The van der Waals surface area contributed by atoms with Gasteiger partial charge in [-0.25, -0.2) is 14.6 Å². The van der Waals surface area contributed by atoms with Crippen molar-refractivity contribution in [2.24, 2.45) is 0 Å². The zero-order valence-electron chi connectivity index (χ0n) is 15.0. The molecule has 1 heterocycles. The van der Waals surface area contributed by atoms with Crippen molar-refractivity contribution in [2.75, 3.05) is 19.0 Å². The van der Waals surface area contributed by atoms with Crippen LogP contribution in [0.3, 0.4) is 0 Å². The van der Waals surface area contributed by atoms with Gasteiger partial charge < -0.3 is 15.0 Å². The molecule has 0 aliphatic heterocycles. The van der Waals surface area contributed by atoms with Crippen LogP contribution < -0.4 is 5.32 Å². The highest BCUT2D eigenvalue weighted by molar-refractivity contribution is 7.09. The van der Waals surface area contributed by atoms with E-state index >= 15 is 0 Å². The Morgan fingerprint density at radius 1 is 1.28 bits per heavy atom. The fourth-order valence-electron chi connectivity index (χ4n) is 2.29. The standard InChI is InChI=1S/C18H23N3O3S/c1-5-8-21(10-16-20-15(11-25-16)17(22)24-4)18(23)19-14-7-6-12(2)13(3)9-14/h6-7,9,11H,5,8,10H2,1-4H3,(H,19,23). The number of anilines is 1. The average Bonchev–Trinajstić information content (AvgIpc) is 3.05. The van der Waals surface area contributed by atoms with E-state index < -0.39 is 5.97 Å². The number of carbonyl (C=O) groups excluding carboxylic acids is 2. The van der Waals surface area contributed by atoms with Crippen LogP contribution in [0.1, 0.15) is 40.0 Å². The first-order valence-electron chi connectivity index (χ1n) is 8.10. The number of nitrogens with one attached hydrogen (secondary N) is 1. The summed E-state index contributed by atoms with van der Waals surface area (Å²) in [6.45, 7) is 7.01. The normalized spacial score (nSPS) is 10.4. The molecule has 0 unspecified atom stereocenters. The quantitative estimate of drug-likeness (QED) is 0.790. The number of benzene rings is 1. The summed E-state index contributed by atoms with van der Waals surface area (Å²) >= 11 is 1.34. The Morgan fingerprint density at radius 3 is 2.68 bits per heavy atom. The molecule has 0 radical (unpaired) electrons. The van der Waals surface area contributed by atoms with Crippen molar-refractivity contribution in [3.63, 3.8) is 0 Å². The number of hydrogen-bond acceptors (Lipinski definition) is 5. The lowest BCUT2D eigenvalue weighted by Crippen LogP contribution is -2.35. The lowest BCUT2D eigenvalue weighted by molar-refractivity contribution is 0.0594. The molecule has 1 aromatic carbocycles. The van der Waals surface area contributed by atoms with Gasteiger partial charge in [0.05, 0.1) is 13.7 Å². The molecule has 0 saturated carbocycles. The second-order valence-electron chi connectivity index (χ2n) is 5.77. The van der Waals surface area contributed by atoms with Crippen LogP contribution in [0.5, 0.6) is 0 Å². The fourth-order valence-corrected chi connectivity index (χ4v) is 3.07. The van der Waals surface area contributed by atoms with E-state index in [0.29, 0.717) is 18.1 Å². The van der Waals surface area contributed by atoms with Crippen molar-refractivity contribution in [2.45, 2.75) is 33.7 Å². The highest BCUT2D eigenvalue weighted by Crippen LogP contribution is 2.17. The molecule has 2 rings (SSSR count). The van der Waals surface area contributed by atoms with E-state index in [1.165, 1.54) is 24.0 Å². The number of methoxy groups -OCH3 is 1. The second-order valence-corrected chi connectivity index (χ2v) is 6.71. The van der Waals surface area contributed by atoms with Gasteiger partial charge >= 0.3 is 12.0 Å². The minimum absolute atomic E-state index is 0.181. The van der Waals surface area contributed by atoms with Crippen LogP contribution in [-0.4, -0.2) is 35.5 Å². The summed E-state index contributed by atoms with van der Waals surface area (Å²) in [6, 6.07) is 5.65. The number of carbonyl (C=O) groups is 2. The highest BCUT2D eigenvalue weighted by Gasteiger charge is 2.17. The maximum Gasteiger partial charge on any atom is 0.357 e. The van der Waals surface area contributed by atoms with Crippen molar-refractivity contribution in [1.82, 2.24) is 9.88 Å². The SMILES string of the molecule is CCCN(Cc1nc(C(=O)OC)cs1)C(=O)Nc1ccc(C)c(C)c1. The molecule has 0 bridgehead atoms. The van der Waals surface area contributed by atoms with Gasteiger partial charge in [-0.1, -0.05) is 13.0 Å². The summed E-state index contributed by atoms with van der Waals surface area (Å²) in [5, 5.41) is 5.27. The van der Waals surface area contributed by atoms with Crippen LogP contribution >= 0.6 is 11.3 Å². The lowest BCUT2D eigenvalue weighted by atomic mass is 10.1. The van der Waals surface area contributed by atoms with Crippen molar-refractivity contribution < 1.29 is 14.3 Å². The third-order valence-electron chi connectivity index (χ3n) is 3.81. The largest absolute Gasteiger partial charge is 0.464 e. The third kappa shape index (κ3) is 5.03. The first-order chi connectivity index (χ1) is 11.9. The molecular formula is C18H23N3O3S. The van der Waals surface area contributed by atoms with Gasteiger partial charge in [-0.15, -0.1) is 11.3 Å². The molecule has 0 atom stereocenters. The zero-order chi connectivity index (χ0) is 18.4. The van der Waals surface area contributed by atoms with Gasteiger partial charge in [0, 0.05) is 17.6 Å². The minimum atomic E-state index is -0.468. The summed E-state index contributed by atoms with van der Waals surface area (Å²) in [7, 11) is 1.32. The molecule has 134 valence electrons. The summed E-state index contributed by atoms with van der Waals surface area (Å²) in [6.07, 6.45) is 0.829. The van der Waals surface area contributed by atoms with Crippen LogP contribution in [0.25, 0.3) is 0 Å². The van der Waals surface area contributed by atoms with Gasteiger partial charge in [0.15, 0.2) is 5.69 Å². The number of thiazole rings is 1. The Morgan fingerprint density at radius 2 is 2.04 bits per heavy atom. The van der Waals surface area contributed by atoms with Crippen LogP contribution in [0.15, 0.2) is 23.6 Å². The first-order valence-corrected chi connectivity index (χ1v) is 8.98. The Balaban J connectivity index is 2.08. The summed E-state index contributed by atoms with van der Waals surface area (Å²) < 4.78 is 4.66. The summed E-state index contributed by atoms with van der Waals surface area (Å²) in [5.74, 6) is -0.468. The van der Waals surface area contributed by atoms with Gasteiger partial charge in [0.2, 0.25) is 0 Å². The van der Waals surface area contributed by atoms with Gasteiger partial charge in [0.25, 0.3) is 0 Å². The van der Waals surface area contributed by atoms with Crippen molar-refractivity contribution in [3.8, 4) is 0 Å². The van der Waals surface area contributed by atoms with Crippen molar-refractivity contribution in [1.29, 1.82) is 0 Å². The molecule has 7 heteroatoms. The molecular weight excluding hydrogens is 338 g/mol. The number of amides is 2. The maximum absolute atomic E-state index is 12.6. The number of hydrogen-bond donors (Lipinski definition) is 1. The predicted molar refractivity (Wildman–Crippen MR) is 99.1 cm³/mol. The summed E-state index contributed by atoms with van der Waals surface area (Å²) in [4.78, 5) is 30.0. The summed E-state index contributed by atoms with van der Waals surface area (Å²) in [5.41, 5.74) is 3.35. The van der Waals surface area contributed by atoms with Crippen LogP contribution in [0.2, 0.25) is 0 Å². The number of esters is 1. The molecule has 2 amide bonds. The first kappa shape index (κ1) is 18.9. The van der Waals surface area contributed by atoms with E-state index in [1.54, 1.807) is 10.3 Å². The Bertz CT molecular complexity index is 758. The fraction of sp³-hybridized carbons (Fsp3) is 0.389. The van der Waals surface area contributed by atoms with Crippen molar-refractivity contribution in [3.05, 3.63) is 45.4 Å². The number of urea groups is 1. The molecule has 6 nitrogen and oxygen atoms in total. The Labute approximate surface area is 151 Å². The zero-order valence-corrected chi connectivity index (χ0v) is 15.8. The molecule has 1 aromatic heterocycles. The van der Waals surface area contributed by atoms with E-state index in [1.807, 2.05) is 39.0 Å². The van der Waals surface area contributed by atoms with E-state index in [9.17, 15) is 9.59 Å². The van der Waals surface area contributed by atoms with Gasteiger partial charge in [-0.05, 0) is 43.5 Å². The highest BCUT2D eigenvalue weighted by atomic mass is 32.1. The van der Waals surface area contributed by atoms with E-state index in [2.05, 4.69) is 15.0 Å². The molecule has 1 N–H and O–H groups in total. The molecule has 0 aliphatic rings. The van der Waals surface area contributed by atoms with Gasteiger partial charge in [-0.3, -0.25) is 0 Å². The number of aryl methyl sites for hydroxylation is 2. The van der Waals surface area contributed by atoms with Crippen molar-refractivity contribution >= 4 is 29.0 Å². The van der Waals surface area contributed by atoms with E-state index in [4.69, 9.17) is 0 Å². The Hall–Kier alpha value is -2.41. The van der Waals surface area contributed by atoms with Crippen LogP contribution in [0.4, 0.5) is 10.5 Å². The maximum atomic E-state index is 12.6. The molecule has 0 aliphatic carbocycles. The van der Waals surface area contributed by atoms with E-state index in [-0.39, 0.29) is 11.7 Å². The lowest BCUT2D eigenvalue weighted by Gasteiger charge is -2.21. The molecule has 0 saturated heterocycles. The molecule has 0 fully saturated rings. The Kier molecular flexibility index (Phi) is 6.52. The minimum Gasteiger partial charge on any atom is -0.464 e. The topological polar surface area (TPSA) is 71.5 Å². The van der Waals surface area contributed by atoms with E-state index in [0.717, 1.165) is 17.7 Å². The number of rotatable bonds is 6. The smallest absolute Gasteiger partial charge is 0.357 e. The molecule has 0 spiro atoms. The van der Waals surface area contributed by atoms with Gasteiger partial charge in [-0.2, -0.15) is 0 Å². The second kappa shape index (κ2) is 8.62. The van der Waals surface area contributed by atoms with Crippen LogP contribution in [-0.2, 0) is 11.3 Å². The van der Waals surface area contributed by atoms with Gasteiger partial charge in [0.1, 0.15) is 5.01 Å².